The summed E-state index contributed by atoms with van der Waals surface area (Å²) < 4.78 is 41.1. The summed E-state index contributed by atoms with van der Waals surface area (Å²) in [5.74, 6) is 0.335. The molecule has 0 bridgehead atoms. The number of hydrogen-bond donors (Lipinski definition) is 2. The van der Waals surface area contributed by atoms with Crippen molar-refractivity contribution in [2.24, 2.45) is 4.99 Å². The van der Waals surface area contributed by atoms with Gasteiger partial charge in [-0.2, -0.15) is 0 Å². The Morgan fingerprint density at radius 2 is 1.96 bits per heavy atom. The largest absolute Gasteiger partial charge is 0.466 e. The molecule has 3 rings (SSSR count). The number of benzene rings is 2. The Bertz CT molecular complexity index is 819. The second-order valence-corrected chi connectivity index (χ2v) is 6.70. The first-order valence-electron chi connectivity index (χ1n) is 7.36. The minimum atomic E-state index is -2.07. The van der Waals surface area contributed by atoms with Crippen LogP contribution in [0.15, 0.2) is 47.5 Å². The van der Waals surface area contributed by atoms with Gasteiger partial charge in [0.1, 0.15) is 11.6 Å². The van der Waals surface area contributed by atoms with Gasteiger partial charge in [-0.05, 0) is 55.8 Å². The predicted octanol–water partition coefficient (Wildman–Crippen LogP) is 3.02. The fourth-order valence-corrected chi connectivity index (χ4v) is 2.84. The molecule has 0 radical (unpaired) electrons. The maximum absolute atomic E-state index is 13.2. The van der Waals surface area contributed by atoms with Crippen LogP contribution in [-0.4, -0.2) is 20.2 Å². The lowest BCUT2D eigenvalue weighted by molar-refractivity contribution is 0.115. The quantitative estimate of drug-likeness (QED) is 0.835. The standard InChI is InChI=1S/C17H17FN2O3S/c1-17(2)20-16(12-4-6-13(18)7-5-12)14-8-3-11(9-15(14)23-17)10-19-24(21)22/h3-9,19H,10H2,1-2H3,(H,21,22). The molecule has 0 aliphatic carbocycles. The molecule has 0 saturated carbocycles. The van der Waals surface area contributed by atoms with E-state index in [-0.39, 0.29) is 12.4 Å². The van der Waals surface area contributed by atoms with E-state index in [4.69, 9.17) is 9.29 Å². The van der Waals surface area contributed by atoms with Gasteiger partial charge in [-0.15, -0.1) is 0 Å². The van der Waals surface area contributed by atoms with Gasteiger partial charge in [0, 0.05) is 17.7 Å². The summed E-state index contributed by atoms with van der Waals surface area (Å²) in [4.78, 5) is 4.63. The monoisotopic (exact) mass is 348 g/mol. The van der Waals surface area contributed by atoms with Crippen LogP contribution < -0.4 is 9.46 Å². The topological polar surface area (TPSA) is 70.9 Å². The van der Waals surface area contributed by atoms with Crippen LogP contribution in [0.3, 0.4) is 0 Å². The van der Waals surface area contributed by atoms with Gasteiger partial charge in [-0.1, -0.05) is 6.07 Å². The zero-order chi connectivity index (χ0) is 17.3. The van der Waals surface area contributed by atoms with Crippen LogP contribution in [0.25, 0.3) is 0 Å². The zero-order valence-electron chi connectivity index (χ0n) is 13.2. The van der Waals surface area contributed by atoms with Crippen molar-refractivity contribution < 1.29 is 17.9 Å². The van der Waals surface area contributed by atoms with Crippen molar-refractivity contribution in [3.8, 4) is 5.75 Å². The number of rotatable bonds is 4. The Morgan fingerprint density at radius 3 is 2.62 bits per heavy atom. The van der Waals surface area contributed by atoms with Crippen LogP contribution in [-0.2, 0) is 17.8 Å². The third kappa shape index (κ3) is 3.69. The van der Waals surface area contributed by atoms with E-state index in [0.717, 1.165) is 22.4 Å². The van der Waals surface area contributed by atoms with Gasteiger partial charge >= 0.3 is 0 Å². The van der Waals surface area contributed by atoms with E-state index in [2.05, 4.69) is 9.71 Å². The van der Waals surface area contributed by atoms with Crippen LogP contribution >= 0.6 is 0 Å². The molecule has 0 saturated heterocycles. The summed E-state index contributed by atoms with van der Waals surface area (Å²) in [6.07, 6.45) is 0. The van der Waals surface area contributed by atoms with Gasteiger partial charge in [0.2, 0.25) is 11.3 Å². The second kappa shape index (κ2) is 6.43. The van der Waals surface area contributed by atoms with Crippen molar-refractivity contribution >= 4 is 17.0 Å². The number of fused-ring (bicyclic) bond motifs is 1. The number of hydrogen-bond acceptors (Lipinski definition) is 3. The maximum atomic E-state index is 13.2. The van der Waals surface area contributed by atoms with Crippen LogP contribution in [0.4, 0.5) is 4.39 Å². The van der Waals surface area contributed by atoms with E-state index in [1.807, 2.05) is 32.0 Å². The van der Waals surface area contributed by atoms with Gasteiger partial charge in [-0.3, -0.25) is 4.55 Å². The lowest BCUT2D eigenvalue weighted by atomic mass is 9.97. The molecule has 1 heterocycles. The van der Waals surface area contributed by atoms with Gasteiger partial charge in [-0.25, -0.2) is 18.3 Å². The fraction of sp³-hybridized carbons (Fsp3) is 0.235. The highest BCUT2D eigenvalue weighted by Gasteiger charge is 2.28. The molecule has 1 unspecified atom stereocenters. The molecule has 0 amide bonds. The molecule has 2 aromatic rings. The van der Waals surface area contributed by atoms with Crippen molar-refractivity contribution in [2.45, 2.75) is 26.1 Å². The van der Waals surface area contributed by atoms with Crippen LogP contribution in [0, 0.1) is 5.82 Å². The molecular formula is C17H17FN2O3S. The third-order valence-corrected chi connectivity index (χ3v) is 3.95. The maximum Gasteiger partial charge on any atom is 0.232 e. The Kier molecular flexibility index (Phi) is 4.49. The highest BCUT2D eigenvalue weighted by Crippen LogP contribution is 2.33. The van der Waals surface area contributed by atoms with E-state index in [0.29, 0.717) is 5.75 Å². The summed E-state index contributed by atoms with van der Waals surface area (Å²) in [5, 5.41) is 0. The smallest absolute Gasteiger partial charge is 0.232 e. The van der Waals surface area contributed by atoms with Crippen LogP contribution in [0.5, 0.6) is 5.75 Å². The molecule has 1 atom stereocenters. The summed E-state index contributed by atoms with van der Waals surface area (Å²) in [6, 6.07) is 11.7. The molecule has 0 fully saturated rings. The highest BCUT2D eigenvalue weighted by atomic mass is 32.2. The molecule has 0 spiro atoms. The number of nitrogens with one attached hydrogen (secondary N) is 1. The van der Waals surface area contributed by atoms with E-state index < -0.39 is 17.0 Å². The molecule has 0 aromatic heterocycles. The Labute approximate surface area is 142 Å². The van der Waals surface area contributed by atoms with Gasteiger partial charge in [0.25, 0.3) is 0 Å². The molecule has 1 aliphatic rings. The number of halogens is 1. The first-order valence-corrected chi connectivity index (χ1v) is 8.47. The van der Waals surface area contributed by atoms with Crippen molar-refractivity contribution in [3.63, 3.8) is 0 Å². The van der Waals surface area contributed by atoms with Crippen LogP contribution in [0.1, 0.15) is 30.5 Å². The van der Waals surface area contributed by atoms with Crippen molar-refractivity contribution in [1.29, 1.82) is 0 Å². The molecule has 1 aliphatic heterocycles. The van der Waals surface area contributed by atoms with E-state index in [1.54, 1.807) is 12.1 Å². The first kappa shape index (κ1) is 16.8. The first-order chi connectivity index (χ1) is 11.3. The molecular weight excluding hydrogens is 331 g/mol. The fourth-order valence-electron chi connectivity index (χ4n) is 2.55. The average Bonchev–Trinajstić information content (AvgIpc) is 2.51. The Hall–Kier alpha value is -2.09. The lowest BCUT2D eigenvalue weighted by Crippen LogP contribution is -2.32. The van der Waals surface area contributed by atoms with E-state index in [9.17, 15) is 8.60 Å². The van der Waals surface area contributed by atoms with Crippen molar-refractivity contribution in [3.05, 3.63) is 65.0 Å². The van der Waals surface area contributed by atoms with Crippen molar-refractivity contribution in [1.82, 2.24) is 4.72 Å². The van der Waals surface area contributed by atoms with Crippen LogP contribution in [0.2, 0.25) is 0 Å². The van der Waals surface area contributed by atoms with E-state index >= 15 is 0 Å². The molecule has 7 heteroatoms. The molecule has 2 N–H and O–H groups in total. The van der Waals surface area contributed by atoms with Gasteiger partial charge < -0.3 is 4.74 Å². The SMILES string of the molecule is CC1(C)N=C(c2ccc(F)cc2)c2ccc(CNS(=O)O)cc2O1. The number of aliphatic imine (C=N–C) groups is 1. The summed E-state index contributed by atoms with van der Waals surface area (Å²) in [5.41, 5.74) is 2.38. The lowest BCUT2D eigenvalue weighted by Gasteiger charge is -2.30. The van der Waals surface area contributed by atoms with Gasteiger partial charge in [0.05, 0.1) is 5.71 Å². The average molecular weight is 348 g/mol. The minimum Gasteiger partial charge on any atom is -0.466 e. The van der Waals surface area contributed by atoms with Gasteiger partial charge in [0.15, 0.2) is 5.72 Å². The number of nitrogens with zero attached hydrogens (tertiary/aromatic N) is 1. The molecule has 5 nitrogen and oxygen atoms in total. The molecule has 2 aromatic carbocycles. The highest BCUT2D eigenvalue weighted by molar-refractivity contribution is 7.77. The van der Waals surface area contributed by atoms with E-state index in [1.165, 1.54) is 12.1 Å². The summed E-state index contributed by atoms with van der Waals surface area (Å²) in [7, 11) is 0. The molecule has 126 valence electrons. The summed E-state index contributed by atoms with van der Waals surface area (Å²) in [6.45, 7) is 3.92. The third-order valence-electron chi connectivity index (χ3n) is 3.56. The summed E-state index contributed by atoms with van der Waals surface area (Å²) >= 11 is -2.07. The Balaban J connectivity index is 2.01. The minimum absolute atomic E-state index is 0.239. The predicted molar refractivity (Wildman–Crippen MR) is 90.8 cm³/mol. The van der Waals surface area contributed by atoms with Crippen molar-refractivity contribution in [2.75, 3.05) is 0 Å². The second-order valence-electron chi connectivity index (χ2n) is 5.92. The molecule has 24 heavy (non-hydrogen) atoms. The normalized spacial score (nSPS) is 16.8. The zero-order valence-corrected chi connectivity index (χ0v) is 14.1. The Morgan fingerprint density at radius 1 is 1.25 bits per heavy atom. The number of ether oxygens (including phenoxy) is 1.